The van der Waals surface area contributed by atoms with Gasteiger partial charge in [-0.15, -0.1) is 0 Å². The Labute approximate surface area is 190 Å². The quantitative estimate of drug-likeness (QED) is 0.199. The Kier molecular flexibility index (Phi) is 6.31. The van der Waals surface area contributed by atoms with Crippen molar-refractivity contribution in [2.45, 2.75) is 26.2 Å². The number of benzene rings is 3. The molecule has 1 N–H and O–H groups in total. The number of oxazole rings is 1. The molecule has 1 amide bonds. The first kappa shape index (κ1) is 22.0. The van der Waals surface area contributed by atoms with Gasteiger partial charge in [0.1, 0.15) is 5.52 Å². The number of rotatable bonds is 7. The highest BCUT2D eigenvalue weighted by molar-refractivity contribution is 6.02. The van der Waals surface area contributed by atoms with Crippen molar-refractivity contribution >= 4 is 34.5 Å². The molecule has 1 atom stereocenters. The lowest BCUT2D eigenvalue weighted by atomic mass is 9.98. The van der Waals surface area contributed by atoms with Crippen LogP contribution < -0.4 is 5.32 Å². The molecule has 7 nitrogen and oxygen atoms in total. The summed E-state index contributed by atoms with van der Waals surface area (Å²) in [6.45, 7) is 4.35. The Balaban J connectivity index is 1.44. The first-order chi connectivity index (χ1) is 15.9. The summed E-state index contributed by atoms with van der Waals surface area (Å²) in [6, 6.07) is 19.4. The highest BCUT2D eigenvalue weighted by Crippen LogP contribution is 2.28. The van der Waals surface area contributed by atoms with Crippen LogP contribution in [0.1, 0.15) is 37.3 Å². The number of fused-ring (bicyclic) bond motifs is 1. The van der Waals surface area contributed by atoms with Crippen molar-refractivity contribution in [1.82, 2.24) is 4.98 Å². The lowest BCUT2D eigenvalue weighted by molar-refractivity contribution is -0.384. The van der Waals surface area contributed by atoms with E-state index in [1.54, 1.807) is 24.3 Å². The van der Waals surface area contributed by atoms with Gasteiger partial charge in [0, 0.05) is 29.5 Å². The number of carbonyl (C=O) groups is 1. The molecule has 3 aromatic carbocycles. The van der Waals surface area contributed by atoms with Crippen molar-refractivity contribution in [2.24, 2.45) is 0 Å². The number of nitro groups is 1. The zero-order valence-corrected chi connectivity index (χ0v) is 18.3. The van der Waals surface area contributed by atoms with Crippen LogP contribution in [-0.4, -0.2) is 15.8 Å². The number of anilines is 1. The fourth-order valence-electron chi connectivity index (χ4n) is 3.40. The predicted octanol–water partition coefficient (Wildman–Crippen LogP) is 6.57. The zero-order valence-electron chi connectivity index (χ0n) is 18.3. The number of hydrogen-bond donors (Lipinski definition) is 1. The van der Waals surface area contributed by atoms with Crippen LogP contribution in [-0.2, 0) is 4.79 Å². The number of nitrogens with zero attached hydrogens (tertiary/aromatic N) is 2. The highest BCUT2D eigenvalue weighted by Gasteiger charge is 2.11. The molecular formula is C26H23N3O4. The number of nitro benzene ring substituents is 1. The molecule has 0 saturated carbocycles. The molecule has 4 rings (SSSR count). The van der Waals surface area contributed by atoms with E-state index in [0.29, 0.717) is 23.1 Å². The third-order valence-corrected chi connectivity index (χ3v) is 5.50. The van der Waals surface area contributed by atoms with Gasteiger partial charge < -0.3 is 9.73 Å². The summed E-state index contributed by atoms with van der Waals surface area (Å²) in [6.07, 6.45) is 3.93. The molecule has 166 valence electrons. The van der Waals surface area contributed by atoms with Gasteiger partial charge in [-0.25, -0.2) is 4.98 Å². The molecule has 0 aliphatic heterocycles. The maximum atomic E-state index is 12.2. The number of non-ortho nitro benzene ring substituents is 1. The summed E-state index contributed by atoms with van der Waals surface area (Å²) in [5, 5.41) is 13.6. The number of carbonyl (C=O) groups excluding carboxylic acids is 1. The molecule has 33 heavy (non-hydrogen) atoms. The van der Waals surface area contributed by atoms with E-state index in [9.17, 15) is 14.9 Å². The Morgan fingerprint density at radius 1 is 1.15 bits per heavy atom. The molecule has 0 bridgehead atoms. The van der Waals surface area contributed by atoms with Gasteiger partial charge in [0.25, 0.3) is 5.69 Å². The van der Waals surface area contributed by atoms with Gasteiger partial charge in [-0.1, -0.05) is 32.0 Å². The van der Waals surface area contributed by atoms with Gasteiger partial charge in [-0.2, -0.15) is 0 Å². The second kappa shape index (κ2) is 9.48. The second-order valence-corrected chi connectivity index (χ2v) is 7.81. The molecule has 1 aromatic heterocycles. The van der Waals surface area contributed by atoms with Crippen LogP contribution in [0.3, 0.4) is 0 Å². The normalized spacial score (nSPS) is 12.2. The minimum absolute atomic E-state index is 0.0246. The molecule has 4 aromatic rings. The van der Waals surface area contributed by atoms with Crippen LogP contribution in [0.2, 0.25) is 0 Å². The number of nitrogens with one attached hydrogen (secondary N) is 1. The Morgan fingerprint density at radius 2 is 1.94 bits per heavy atom. The number of amides is 1. The van der Waals surface area contributed by atoms with E-state index in [4.69, 9.17) is 4.42 Å². The number of aromatic nitrogens is 1. The van der Waals surface area contributed by atoms with Crippen molar-refractivity contribution in [1.29, 1.82) is 0 Å². The summed E-state index contributed by atoms with van der Waals surface area (Å²) >= 11 is 0. The molecule has 0 radical (unpaired) electrons. The summed E-state index contributed by atoms with van der Waals surface area (Å²) in [5.41, 5.74) is 4.77. The van der Waals surface area contributed by atoms with Gasteiger partial charge in [0.05, 0.1) is 4.92 Å². The maximum Gasteiger partial charge on any atom is 0.270 e. The third kappa shape index (κ3) is 5.15. The molecule has 7 heteroatoms. The molecule has 1 heterocycles. The minimum Gasteiger partial charge on any atom is -0.436 e. The standard InChI is InChI=1S/C26H23N3O4/c1-3-17(2)20-10-13-24-23(16-20)28-26(33-24)19-8-11-21(12-9-19)27-25(30)14-7-18-5-4-6-22(15-18)29(31)32/h4-17H,3H2,1-2H3,(H,27,30)/b14-7+/t17-/m0/s1. The molecule has 0 aliphatic rings. The van der Waals surface area contributed by atoms with Crippen molar-refractivity contribution in [3.63, 3.8) is 0 Å². The summed E-state index contributed by atoms with van der Waals surface area (Å²) in [7, 11) is 0. The van der Waals surface area contributed by atoms with Crippen molar-refractivity contribution in [3.8, 4) is 11.5 Å². The number of hydrogen-bond acceptors (Lipinski definition) is 5. The Bertz CT molecular complexity index is 1340. The smallest absolute Gasteiger partial charge is 0.270 e. The van der Waals surface area contributed by atoms with E-state index in [1.165, 1.54) is 29.8 Å². The summed E-state index contributed by atoms with van der Waals surface area (Å²) < 4.78 is 5.90. The van der Waals surface area contributed by atoms with Gasteiger partial charge >= 0.3 is 0 Å². The van der Waals surface area contributed by atoms with Crippen LogP contribution in [0.4, 0.5) is 11.4 Å². The average molecular weight is 441 g/mol. The summed E-state index contributed by atoms with van der Waals surface area (Å²) in [5.74, 6) is 0.645. The van der Waals surface area contributed by atoms with Gasteiger partial charge in [-0.3, -0.25) is 14.9 Å². The van der Waals surface area contributed by atoms with Gasteiger partial charge in [0.2, 0.25) is 11.8 Å². The van der Waals surface area contributed by atoms with Crippen molar-refractivity contribution < 1.29 is 14.1 Å². The van der Waals surface area contributed by atoms with Gasteiger partial charge in [0.15, 0.2) is 5.58 Å². The van der Waals surface area contributed by atoms with E-state index in [-0.39, 0.29) is 11.6 Å². The third-order valence-electron chi connectivity index (χ3n) is 5.50. The highest BCUT2D eigenvalue weighted by atomic mass is 16.6. The van der Waals surface area contributed by atoms with E-state index in [2.05, 4.69) is 36.3 Å². The molecular weight excluding hydrogens is 418 g/mol. The van der Waals surface area contributed by atoms with Crippen LogP contribution >= 0.6 is 0 Å². The minimum atomic E-state index is -0.472. The molecule has 0 saturated heterocycles. The predicted molar refractivity (Wildman–Crippen MR) is 129 cm³/mol. The molecule has 0 spiro atoms. The van der Waals surface area contributed by atoms with Crippen LogP contribution in [0.25, 0.3) is 28.6 Å². The fraction of sp³-hybridized carbons (Fsp3) is 0.154. The monoisotopic (exact) mass is 441 g/mol. The fourth-order valence-corrected chi connectivity index (χ4v) is 3.40. The van der Waals surface area contributed by atoms with Crippen LogP contribution in [0, 0.1) is 10.1 Å². The largest absolute Gasteiger partial charge is 0.436 e. The van der Waals surface area contributed by atoms with Crippen LogP contribution in [0.15, 0.2) is 77.2 Å². The van der Waals surface area contributed by atoms with Gasteiger partial charge in [-0.05, 0) is 65.9 Å². The first-order valence-electron chi connectivity index (χ1n) is 10.7. The first-order valence-corrected chi connectivity index (χ1v) is 10.7. The zero-order chi connectivity index (χ0) is 23.4. The van der Waals surface area contributed by atoms with E-state index in [0.717, 1.165) is 23.1 Å². The lowest BCUT2D eigenvalue weighted by Crippen LogP contribution is -2.07. The Morgan fingerprint density at radius 3 is 2.67 bits per heavy atom. The lowest BCUT2D eigenvalue weighted by Gasteiger charge is -2.07. The molecule has 0 aliphatic carbocycles. The molecule has 0 fully saturated rings. The maximum absolute atomic E-state index is 12.2. The van der Waals surface area contributed by atoms with Crippen molar-refractivity contribution in [3.05, 3.63) is 94.0 Å². The second-order valence-electron chi connectivity index (χ2n) is 7.81. The van der Waals surface area contributed by atoms with Crippen LogP contribution in [0.5, 0.6) is 0 Å². The summed E-state index contributed by atoms with van der Waals surface area (Å²) in [4.78, 5) is 27.2. The Hall–Kier alpha value is -4.26. The van der Waals surface area contributed by atoms with E-state index in [1.807, 2.05) is 18.2 Å². The van der Waals surface area contributed by atoms with Crippen molar-refractivity contribution in [2.75, 3.05) is 5.32 Å². The van der Waals surface area contributed by atoms with E-state index >= 15 is 0 Å². The average Bonchev–Trinajstić information content (AvgIpc) is 3.26. The molecule has 0 unspecified atom stereocenters. The van der Waals surface area contributed by atoms with E-state index < -0.39 is 4.92 Å². The topological polar surface area (TPSA) is 98.3 Å². The SMILES string of the molecule is CC[C@H](C)c1ccc2oc(-c3ccc(NC(=O)/C=C/c4cccc([N+](=O)[O-])c4)cc3)nc2c1.